The fourth-order valence-electron chi connectivity index (χ4n) is 2.00. The Bertz CT molecular complexity index is 581. The van der Waals surface area contributed by atoms with Crippen molar-refractivity contribution in [3.63, 3.8) is 0 Å². The number of carboxylic acid groups (broad SMARTS) is 1. The van der Waals surface area contributed by atoms with Gasteiger partial charge >= 0.3 is 5.97 Å². The molecule has 0 aliphatic carbocycles. The van der Waals surface area contributed by atoms with Crippen LogP contribution in [0.5, 0.6) is 0 Å². The van der Waals surface area contributed by atoms with Crippen LogP contribution in [0.2, 0.25) is 0 Å². The molecular weight excluding hydrogens is 226 g/mol. The Kier molecular flexibility index (Phi) is 3.16. The SMILES string of the molecule is Cc1ccc2ccn(CCC(C)(C)C(=O)O)c2c1. The Morgan fingerprint density at radius 3 is 2.72 bits per heavy atom. The monoisotopic (exact) mass is 245 g/mol. The van der Waals surface area contributed by atoms with Crippen molar-refractivity contribution >= 4 is 16.9 Å². The molecule has 2 aromatic rings. The highest BCUT2D eigenvalue weighted by Crippen LogP contribution is 2.24. The number of aromatic nitrogens is 1. The predicted octanol–water partition coefficient (Wildman–Crippen LogP) is 3.45. The normalized spacial score (nSPS) is 11.9. The van der Waals surface area contributed by atoms with Crippen LogP contribution >= 0.6 is 0 Å². The van der Waals surface area contributed by atoms with Gasteiger partial charge in [-0.2, -0.15) is 0 Å². The zero-order valence-electron chi connectivity index (χ0n) is 11.1. The number of carboxylic acids is 1. The number of rotatable bonds is 4. The maximum atomic E-state index is 11.1. The van der Waals surface area contributed by atoms with E-state index in [1.54, 1.807) is 13.8 Å². The third-order valence-corrected chi connectivity index (χ3v) is 3.49. The Morgan fingerprint density at radius 2 is 2.06 bits per heavy atom. The van der Waals surface area contributed by atoms with Gasteiger partial charge in [0.15, 0.2) is 0 Å². The van der Waals surface area contributed by atoms with Crippen LogP contribution < -0.4 is 0 Å². The molecule has 96 valence electrons. The van der Waals surface area contributed by atoms with Crippen molar-refractivity contribution in [1.29, 1.82) is 0 Å². The average Bonchev–Trinajstić information content (AvgIpc) is 2.68. The predicted molar refractivity (Wildman–Crippen MR) is 72.7 cm³/mol. The third kappa shape index (κ3) is 2.40. The van der Waals surface area contributed by atoms with Crippen LogP contribution in [0, 0.1) is 12.3 Å². The van der Waals surface area contributed by atoms with Gasteiger partial charge in [-0.15, -0.1) is 0 Å². The summed E-state index contributed by atoms with van der Waals surface area (Å²) in [5.74, 6) is -0.741. The molecule has 0 amide bonds. The van der Waals surface area contributed by atoms with Gasteiger partial charge in [0, 0.05) is 18.3 Å². The number of fused-ring (bicyclic) bond motifs is 1. The fraction of sp³-hybridized carbons (Fsp3) is 0.400. The molecule has 0 saturated carbocycles. The molecule has 0 unspecified atom stereocenters. The molecule has 3 nitrogen and oxygen atoms in total. The van der Waals surface area contributed by atoms with Gasteiger partial charge in [0.1, 0.15) is 0 Å². The number of aliphatic carboxylic acids is 1. The Labute approximate surface area is 107 Å². The molecule has 0 aliphatic heterocycles. The van der Waals surface area contributed by atoms with Gasteiger partial charge in [0.25, 0.3) is 0 Å². The zero-order chi connectivity index (χ0) is 13.3. The van der Waals surface area contributed by atoms with Gasteiger partial charge < -0.3 is 9.67 Å². The molecule has 3 heteroatoms. The van der Waals surface area contributed by atoms with Crippen LogP contribution in [0.25, 0.3) is 10.9 Å². The Balaban J connectivity index is 2.22. The van der Waals surface area contributed by atoms with Crippen LogP contribution in [-0.2, 0) is 11.3 Å². The molecule has 2 rings (SSSR count). The lowest BCUT2D eigenvalue weighted by Crippen LogP contribution is -2.25. The molecule has 18 heavy (non-hydrogen) atoms. The van der Waals surface area contributed by atoms with E-state index in [1.165, 1.54) is 16.5 Å². The van der Waals surface area contributed by atoms with Gasteiger partial charge in [-0.05, 0) is 50.3 Å². The van der Waals surface area contributed by atoms with Crippen molar-refractivity contribution in [3.8, 4) is 0 Å². The van der Waals surface area contributed by atoms with Gasteiger partial charge in [-0.3, -0.25) is 4.79 Å². The lowest BCUT2D eigenvalue weighted by atomic mass is 9.89. The van der Waals surface area contributed by atoms with E-state index in [2.05, 4.69) is 35.8 Å². The second-order valence-electron chi connectivity index (χ2n) is 5.51. The Morgan fingerprint density at radius 1 is 1.33 bits per heavy atom. The maximum absolute atomic E-state index is 11.1. The first kappa shape index (κ1) is 12.7. The number of hydrogen-bond acceptors (Lipinski definition) is 1. The van der Waals surface area contributed by atoms with Crippen molar-refractivity contribution in [3.05, 3.63) is 36.0 Å². The number of aryl methyl sites for hydroxylation is 2. The highest BCUT2D eigenvalue weighted by Gasteiger charge is 2.26. The molecule has 0 radical (unpaired) electrons. The van der Waals surface area contributed by atoms with E-state index in [4.69, 9.17) is 5.11 Å². The minimum Gasteiger partial charge on any atom is -0.481 e. The molecule has 1 aromatic heterocycles. The van der Waals surface area contributed by atoms with Crippen molar-refractivity contribution in [2.45, 2.75) is 33.7 Å². The summed E-state index contributed by atoms with van der Waals surface area (Å²) in [5, 5.41) is 10.3. The molecule has 0 aliphatic rings. The number of hydrogen-bond donors (Lipinski definition) is 1. The van der Waals surface area contributed by atoms with E-state index in [9.17, 15) is 4.79 Å². The lowest BCUT2D eigenvalue weighted by molar-refractivity contribution is -0.147. The van der Waals surface area contributed by atoms with Gasteiger partial charge in [-0.25, -0.2) is 0 Å². The summed E-state index contributed by atoms with van der Waals surface area (Å²) in [4.78, 5) is 11.1. The fourth-order valence-corrected chi connectivity index (χ4v) is 2.00. The Hall–Kier alpha value is -1.77. The lowest BCUT2D eigenvalue weighted by Gasteiger charge is -2.19. The van der Waals surface area contributed by atoms with Crippen molar-refractivity contribution in [2.75, 3.05) is 0 Å². The third-order valence-electron chi connectivity index (χ3n) is 3.49. The first-order chi connectivity index (χ1) is 8.40. The first-order valence-electron chi connectivity index (χ1n) is 6.19. The van der Waals surface area contributed by atoms with Crippen LogP contribution in [-0.4, -0.2) is 15.6 Å². The van der Waals surface area contributed by atoms with E-state index in [0.29, 0.717) is 6.42 Å². The summed E-state index contributed by atoms with van der Waals surface area (Å²) < 4.78 is 2.13. The number of benzene rings is 1. The number of nitrogens with zero attached hydrogens (tertiary/aromatic N) is 1. The molecular formula is C15H19NO2. The van der Waals surface area contributed by atoms with Crippen LogP contribution in [0.4, 0.5) is 0 Å². The standard InChI is InChI=1S/C15H19NO2/c1-11-4-5-12-6-8-16(13(12)10-11)9-7-15(2,3)14(17)18/h4-6,8,10H,7,9H2,1-3H3,(H,17,18). The summed E-state index contributed by atoms with van der Waals surface area (Å²) in [6.45, 7) is 6.34. The van der Waals surface area contributed by atoms with Gasteiger partial charge in [0.05, 0.1) is 5.41 Å². The second-order valence-corrected chi connectivity index (χ2v) is 5.51. The summed E-state index contributed by atoms with van der Waals surface area (Å²) in [7, 11) is 0. The maximum Gasteiger partial charge on any atom is 0.309 e. The summed E-state index contributed by atoms with van der Waals surface area (Å²) in [6, 6.07) is 8.41. The minimum absolute atomic E-state index is 0.625. The van der Waals surface area contributed by atoms with Gasteiger partial charge in [0.2, 0.25) is 0 Å². The molecule has 0 bridgehead atoms. The van der Waals surface area contributed by atoms with E-state index < -0.39 is 11.4 Å². The van der Waals surface area contributed by atoms with Crippen molar-refractivity contribution < 1.29 is 9.90 Å². The van der Waals surface area contributed by atoms with Crippen molar-refractivity contribution in [2.24, 2.45) is 5.41 Å². The molecule has 0 spiro atoms. The van der Waals surface area contributed by atoms with Crippen LogP contribution in [0.15, 0.2) is 30.5 Å². The van der Waals surface area contributed by atoms with Crippen molar-refractivity contribution in [1.82, 2.24) is 4.57 Å². The highest BCUT2D eigenvalue weighted by atomic mass is 16.4. The molecule has 0 fully saturated rings. The van der Waals surface area contributed by atoms with E-state index >= 15 is 0 Å². The second kappa shape index (κ2) is 4.48. The molecule has 1 N–H and O–H groups in total. The first-order valence-corrected chi connectivity index (χ1v) is 6.19. The van der Waals surface area contributed by atoms with E-state index in [0.717, 1.165) is 6.54 Å². The topological polar surface area (TPSA) is 42.2 Å². The highest BCUT2D eigenvalue weighted by molar-refractivity contribution is 5.80. The van der Waals surface area contributed by atoms with Crippen LogP contribution in [0.3, 0.4) is 0 Å². The van der Waals surface area contributed by atoms with Crippen LogP contribution in [0.1, 0.15) is 25.8 Å². The summed E-state index contributed by atoms with van der Waals surface area (Å²) in [5.41, 5.74) is 1.72. The molecule has 1 heterocycles. The summed E-state index contributed by atoms with van der Waals surface area (Å²) in [6.07, 6.45) is 2.65. The van der Waals surface area contributed by atoms with Gasteiger partial charge in [-0.1, -0.05) is 12.1 Å². The molecule has 0 saturated heterocycles. The molecule has 1 aromatic carbocycles. The minimum atomic E-state index is -0.741. The average molecular weight is 245 g/mol. The molecule has 0 atom stereocenters. The quantitative estimate of drug-likeness (QED) is 0.896. The summed E-state index contributed by atoms with van der Waals surface area (Å²) >= 11 is 0. The largest absolute Gasteiger partial charge is 0.481 e. The smallest absolute Gasteiger partial charge is 0.309 e. The zero-order valence-corrected chi connectivity index (χ0v) is 11.1. The van der Waals surface area contributed by atoms with E-state index in [1.807, 2.05) is 6.20 Å². The number of carbonyl (C=O) groups is 1. The van der Waals surface area contributed by atoms with E-state index in [-0.39, 0.29) is 0 Å².